The first-order valence-electron chi connectivity index (χ1n) is 9.92. The second kappa shape index (κ2) is 19.0. The predicted octanol–water partition coefficient (Wildman–Crippen LogP) is 5.89. The Bertz CT molecular complexity index is 383. The Kier molecular flexibility index (Phi) is 18.0. The number of allylic oxidation sites excluding steroid dienone is 4. The molecule has 144 valence electrons. The summed E-state index contributed by atoms with van der Waals surface area (Å²) in [5, 5.41) is 8.68. The van der Waals surface area contributed by atoms with E-state index in [1.165, 1.54) is 38.5 Å². The highest BCUT2D eigenvalue weighted by Gasteiger charge is 2.01. The van der Waals surface area contributed by atoms with Crippen LogP contribution in [-0.2, 0) is 9.53 Å². The summed E-state index contributed by atoms with van der Waals surface area (Å²) in [4.78, 5) is 11.2. The fraction of sp³-hybridized carbons (Fsp3) is 0.682. The number of esters is 1. The molecule has 3 nitrogen and oxygen atoms in total. The summed E-state index contributed by atoms with van der Waals surface area (Å²) in [6.07, 6.45) is 22.6. The lowest BCUT2D eigenvalue weighted by molar-refractivity contribution is -0.139. The Labute approximate surface area is 154 Å². The van der Waals surface area contributed by atoms with E-state index in [4.69, 9.17) is 9.84 Å². The van der Waals surface area contributed by atoms with Gasteiger partial charge in [0.25, 0.3) is 0 Å². The highest BCUT2D eigenvalue weighted by molar-refractivity contribution is 5.86. The second-order valence-electron chi connectivity index (χ2n) is 6.58. The predicted molar refractivity (Wildman–Crippen MR) is 107 cm³/mol. The number of carbonyl (C=O) groups excluding carboxylic acids is 1. The minimum Gasteiger partial charge on any atom is -0.462 e. The van der Waals surface area contributed by atoms with Gasteiger partial charge in [0.1, 0.15) is 0 Å². The Morgan fingerprint density at radius 1 is 0.840 bits per heavy atom. The van der Waals surface area contributed by atoms with Gasteiger partial charge in [-0.15, -0.1) is 0 Å². The number of aliphatic hydroxyl groups excluding tert-OH is 1. The molecule has 25 heavy (non-hydrogen) atoms. The van der Waals surface area contributed by atoms with Crippen LogP contribution < -0.4 is 0 Å². The highest BCUT2D eigenvalue weighted by Crippen LogP contribution is 2.08. The topological polar surface area (TPSA) is 46.5 Å². The third kappa shape index (κ3) is 18.8. The van der Waals surface area contributed by atoms with Crippen LogP contribution >= 0.6 is 0 Å². The third-order valence-corrected chi connectivity index (χ3v) is 3.98. The summed E-state index contributed by atoms with van der Waals surface area (Å²) in [6, 6.07) is 0. The van der Waals surface area contributed by atoms with Gasteiger partial charge in [0, 0.05) is 12.2 Å². The lowest BCUT2D eigenvalue weighted by Crippen LogP contribution is -2.05. The van der Waals surface area contributed by atoms with Crippen LogP contribution in [0.15, 0.2) is 36.5 Å². The lowest BCUT2D eigenvalue weighted by atomic mass is 10.1. The lowest BCUT2D eigenvalue weighted by Gasteiger charge is -2.04. The van der Waals surface area contributed by atoms with Crippen LogP contribution in [0.1, 0.15) is 84.0 Å². The van der Waals surface area contributed by atoms with Crippen LogP contribution in [-0.4, -0.2) is 24.3 Å². The van der Waals surface area contributed by atoms with E-state index in [1.807, 2.05) is 0 Å². The van der Waals surface area contributed by atoms with Crippen LogP contribution in [0.5, 0.6) is 0 Å². The zero-order chi connectivity index (χ0) is 18.6. The van der Waals surface area contributed by atoms with Crippen molar-refractivity contribution in [1.29, 1.82) is 0 Å². The molecular weight excluding hydrogens is 312 g/mol. The van der Waals surface area contributed by atoms with E-state index in [0.29, 0.717) is 18.8 Å². The molecular formula is C22H38O3. The molecule has 0 aromatic heterocycles. The van der Waals surface area contributed by atoms with Crippen LogP contribution in [0.4, 0.5) is 0 Å². The van der Waals surface area contributed by atoms with Crippen LogP contribution in [0.2, 0.25) is 0 Å². The zero-order valence-corrected chi connectivity index (χ0v) is 16.2. The van der Waals surface area contributed by atoms with E-state index in [9.17, 15) is 4.79 Å². The molecule has 0 fully saturated rings. The molecule has 0 heterocycles. The molecule has 0 spiro atoms. The van der Waals surface area contributed by atoms with Gasteiger partial charge in [-0.25, -0.2) is 4.79 Å². The smallest absolute Gasteiger partial charge is 0.333 e. The van der Waals surface area contributed by atoms with Crippen molar-refractivity contribution in [2.45, 2.75) is 84.0 Å². The first-order valence-corrected chi connectivity index (χ1v) is 9.92. The van der Waals surface area contributed by atoms with Crippen molar-refractivity contribution >= 4 is 5.97 Å². The first-order chi connectivity index (χ1) is 12.2. The molecule has 0 aromatic carbocycles. The Morgan fingerprint density at radius 2 is 1.36 bits per heavy atom. The number of hydrogen-bond donors (Lipinski definition) is 1. The molecule has 0 amide bonds. The van der Waals surface area contributed by atoms with Gasteiger partial charge in [0.05, 0.1) is 6.61 Å². The maximum atomic E-state index is 11.2. The van der Waals surface area contributed by atoms with Crippen molar-refractivity contribution in [2.24, 2.45) is 0 Å². The van der Waals surface area contributed by atoms with Crippen molar-refractivity contribution in [2.75, 3.05) is 13.2 Å². The largest absolute Gasteiger partial charge is 0.462 e. The molecule has 0 bridgehead atoms. The average molecular weight is 351 g/mol. The fourth-order valence-corrected chi connectivity index (χ4v) is 2.42. The maximum absolute atomic E-state index is 11.2. The molecule has 0 unspecified atom stereocenters. The maximum Gasteiger partial charge on any atom is 0.333 e. The summed E-state index contributed by atoms with van der Waals surface area (Å²) >= 11 is 0. The van der Waals surface area contributed by atoms with E-state index in [0.717, 1.165) is 38.5 Å². The monoisotopic (exact) mass is 350 g/mol. The van der Waals surface area contributed by atoms with Gasteiger partial charge >= 0.3 is 5.97 Å². The molecule has 0 radical (unpaired) electrons. The number of ether oxygens (including phenoxy) is 1. The van der Waals surface area contributed by atoms with Crippen molar-refractivity contribution in [3.63, 3.8) is 0 Å². The SMILES string of the molecule is C=C(C)C(=O)OCCCCCCCC/C=C\C/C=C\CCCCCO. The Morgan fingerprint density at radius 3 is 1.92 bits per heavy atom. The second-order valence-corrected chi connectivity index (χ2v) is 6.58. The van der Waals surface area contributed by atoms with Gasteiger partial charge < -0.3 is 9.84 Å². The summed E-state index contributed by atoms with van der Waals surface area (Å²) < 4.78 is 5.06. The quantitative estimate of drug-likeness (QED) is 0.154. The van der Waals surface area contributed by atoms with Crippen LogP contribution in [0.3, 0.4) is 0 Å². The summed E-state index contributed by atoms with van der Waals surface area (Å²) in [5.41, 5.74) is 0.474. The van der Waals surface area contributed by atoms with Gasteiger partial charge in [0.2, 0.25) is 0 Å². The van der Waals surface area contributed by atoms with E-state index in [1.54, 1.807) is 6.92 Å². The Hall–Kier alpha value is -1.35. The molecule has 0 aliphatic rings. The number of aliphatic hydroxyl groups is 1. The average Bonchev–Trinajstić information content (AvgIpc) is 2.60. The van der Waals surface area contributed by atoms with E-state index in [-0.39, 0.29) is 5.97 Å². The van der Waals surface area contributed by atoms with Crippen LogP contribution in [0, 0.1) is 0 Å². The summed E-state index contributed by atoms with van der Waals surface area (Å²) in [5.74, 6) is -0.275. The number of carbonyl (C=O) groups is 1. The first kappa shape index (κ1) is 23.6. The molecule has 0 aromatic rings. The number of rotatable bonds is 17. The normalized spacial score (nSPS) is 11.4. The summed E-state index contributed by atoms with van der Waals surface area (Å²) in [6.45, 7) is 6.07. The fourth-order valence-electron chi connectivity index (χ4n) is 2.42. The van der Waals surface area contributed by atoms with Crippen molar-refractivity contribution in [3.05, 3.63) is 36.5 Å². The van der Waals surface area contributed by atoms with Gasteiger partial charge in [-0.3, -0.25) is 0 Å². The van der Waals surface area contributed by atoms with Gasteiger partial charge in [0.15, 0.2) is 0 Å². The van der Waals surface area contributed by atoms with E-state index >= 15 is 0 Å². The standard InChI is InChI=1S/C22H38O3/c1-21(2)22(24)25-20-18-16-14-12-10-8-6-4-3-5-7-9-11-13-15-17-19-23/h3-4,7,9,23H,1,5-6,8,10-20H2,2H3/b4-3-,9-7-. The third-order valence-electron chi connectivity index (χ3n) is 3.98. The molecule has 0 saturated carbocycles. The zero-order valence-electron chi connectivity index (χ0n) is 16.2. The summed E-state index contributed by atoms with van der Waals surface area (Å²) in [7, 11) is 0. The molecule has 0 aliphatic heterocycles. The molecule has 0 aliphatic carbocycles. The van der Waals surface area contributed by atoms with Gasteiger partial charge in [-0.1, -0.05) is 63.0 Å². The van der Waals surface area contributed by atoms with E-state index in [2.05, 4.69) is 30.9 Å². The minimum absolute atomic E-state index is 0.275. The van der Waals surface area contributed by atoms with Crippen molar-refractivity contribution in [1.82, 2.24) is 0 Å². The van der Waals surface area contributed by atoms with Crippen molar-refractivity contribution in [3.8, 4) is 0 Å². The molecule has 1 N–H and O–H groups in total. The van der Waals surface area contributed by atoms with Gasteiger partial charge in [-0.2, -0.15) is 0 Å². The Balaban J connectivity index is 3.23. The molecule has 3 heteroatoms. The molecule has 0 rings (SSSR count). The highest BCUT2D eigenvalue weighted by atomic mass is 16.5. The van der Waals surface area contributed by atoms with Gasteiger partial charge in [-0.05, 0) is 51.9 Å². The van der Waals surface area contributed by atoms with Crippen molar-refractivity contribution < 1.29 is 14.6 Å². The molecule has 0 saturated heterocycles. The number of hydrogen-bond acceptors (Lipinski definition) is 3. The minimum atomic E-state index is -0.275. The number of unbranched alkanes of at least 4 members (excludes halogenated alkanes) is 9. The molecule has 0 atom stereocenters. The van der Waals surface area contributed by atoms with E-state index < -0.39 is 0 Å². The van der Waals surface area contributed by atoms with Crippen LogP contribution in [0.25, 0.3) is 0 Å².